The number of sulfonamides is 1. The Bertz CT molecular complexity index is 501. The summed E-state index contributed by atoms with van der Waals surface area (Å²) in [6.07, 6.45) is 1.60. The number of benzene rings is 1. The Morgan fingerprint density at radius 2 is 2.05 bits per heavy atom. The molecule has 5 heteroatoms. The van der Waals surface area contributed by atoms with E-state index in [1.807, 2.05) is 37.3 Å². The second-order valence-electron chi connectivity index (χ2n) is 5.18. The van der Waals surface area contributed by atoms with Crippen LogP contribution in [0.2, 0.25) is 0 Å². The van der Waals surface area contributed by atoms with E-state index in [1.165, 1.54) is 4.31 Å². The molecule has 0 spiro atoms. The van der Waals surface area contributed by atoms with E-state index in [0.29, 0.717) is 6.54 Å². The summed E-state index contributed by atoms with van der Waals surface area (Å²) < 4.78 is 26.3. The molecule has 1 N–H and O–H groups in total. The summed E-state index contributed by atoms with van der Waals surface area (Å²) in [4.78, 5) is 0. The fraction of sp³-hybridized carbons (Fsp3) is 0.571. The van der Waals surface area contributed by atoms with Crippen LogP contribution in [0.25, 0.3) is 0 Å². The van der Waals surface area contributed by atoms with Gasteiger partial charge in [0.05, 0.1) is 12.4 Å². The molecule has 4 nitrogen and oxygen atoms in total. The number of nitrogens with zero attached hydrogens (tertiary/aromatic N) is 1. The van der Waals surface area contributed by atoms with E-state index >= 15 is 0 Å². The molecule has 1 fully saturated rings. The van der Waals surface area contributed by atoms with E-state index in [9.17, 15) is 13.5 Å². The van der Waals surface area contributed by atoms with E-state index in [1.54, 1.807) is 0 Å². The summed E-state index contributed by atoms with van der Waals surface area (Å²) in [5.74, 6) is 0.0687. The van der Waals surface area contributed by atoms with Gasteiger partial charge in [0.2, 0.25) is 10.0 Å². The first-order valence-corrected chi connectivity index (χ1v) is 8.31. The average molecular weight is 283 g/mol. The lowest BCUT2D eigenvalue weighted by Crippen LogP contribution is -2.39. The van der Waals surface area contributed by atoms with E-state index in [2.05, 4.69) is 0 Å². The maximum atomic E-state index is 12.4. The lowest BCUT2D eigenvalue weighted by Gasteiger charge is -2.24. The monoisotopic (exact) mass is 283 g/mol. The standard InChI is InChI=1S/C14H21NO3S/c1-12(13-6-3-2-4-7-13)11-19(17,18)15-9-5-8-14(15)10-16/h2-4,6-7,12,14,16H,5,8-11H2,1H3/t12?,14-/m1/s1. The Labute approximate surface area is 115 Å². The molecule has 19 heavy (non-hydrogen) atoms. The van der Waals surface area contributed by atoms with Crippen LogP contribution in [0.5, 0.6) is 0 Å². The number of hydrogen-bond acceptors (Lipinski definition) is 3. The van der Waals surface area contributed by atoms with Crippen LogP contribution in [0.15, 0.2) is 30.3 Å². The van der Waals surface area contributed by atoms with Crippen LogP contribution >= 0.6 is 0 Å². The van der Waals surface area contributed by atoms with Gasteiger partial charge in [0.15, 0.2) is 0 Å². The van der Waals surface area contributed by atoms with Gasteiger partial charge in [-0.2, -0.15) is 4.31 Å². The van der Waals surface area contributed by atoms with Crippen LogP contribution in [0, 0.1) is 0 Å². The van der Waals surface area contributed by atoms with E-state index in [-0.39, 0.29) is 24.3 Å². The van der Waals surface area contributed by atoms with E-state index in [4.69, 9.17) is 0 Å². The molecule has 2 rings (SSSR count). The fourth-order valence-corrected chi connectivity index (χ4v) is 4.70. The third kappa shape index (κ3) is 3.35. The highest BCUT2D eigenvalue weighted by Gasteiger charge is 2.34. The first kappa shape index (κ1) is 14.5. The molecule has 0 saturated carbocycles. The van der Waals surface area contributed by atoms with Crippen molar-refractivity contribution in [3.8, 4) is 0 Å². The summed E-state index contributed by atoms with van der Waals surface area (Å²) in [5.41, 5.74) is 1.03. The molecule has 1 aliphatic heterocycles. The van der Waals surface area contributed by atoms with Crippen molar-refractivity contribution in [2.24, 2.45) is 0 Å². The van der Waals surface area contributed by atoms with Gasteiger partial charge in [0.1, 0.15) is 0 Å². The number of aliphatic hydroxyl groups is 1. The Morgan fingerprint density at radius 1 is 1.37 bits per heavy atom. The molecule has 1 aromatic carbocycles. The van der Waals surface area contributed by atoms with Gasteiger partial charge in [-0.05, 0) is 24.3 Å². The van der Waals surface area contributed by atoms with Gasteiger partial charge in [0, 0.05) is 12.6 Å². The highest BCUT2D eigenvalue weighted by atomic mass is 32.2. The summed E-state index contributed by atoms with van der Waals surface area (Å²) in [5, 5.41) is 9.24. The summed E-state index contributed by atoms with van der Waals surface area (Å²) in [7, 11) is -3.30. The number of hydrogen-bond donors (Lipinski definition) is 1. The van der Waals surface area contributed by atoms with Crippen LogP contribution in [-0.2, 0) is 10.0 Å². The predicted molar refractivity (Wildman–Crippen MR) is 75.5 cm³/mol. The Hall–Kier alpha value is -0.910. The smallest absolute Gasteiger partial charge is 0.215 e. The molecule has 1 aromatic rings. The highest BCUT2D eigenvalue weighted by molar-refractivity contribution is 7.89. The fourth-order valence-electron chi connectivity index (χ4n) is 2.65. The molecule has 0 radical (unpaired) electrons. The molecule has 1 saturated heterocycles. The molecule has 0 amide bonds. The third-order valence-corrected chi connectivity index (χ3v) is 5.84. The van der Waals surface area contributed by atoms with Crippen LogP contribution < -0.4 is 0 Å². The molecule has 0 aliphatic carbocycles. The van der Waals surface area contributed by atoms with Crippen LogP contribution in [0.1, 0.15) is 31.2 Å². The van der Waals surface area contributed by atoms with Crippen molar-refractivity contribution in [2.45, 2.75) is 31.7 Å². The van der Waals surface area contributed by atoms with Gasteiger partial charge in [-0.1, -0.05) is 37.3 Å². The van der Waals surface area contributed by atoms with Gasteiger partial charge < -0.3 is 5.11 Å². The molecule has 0 bridgehead atoms. The first-order chi connectivity index (χ1) is 9.04. The number of aliphatic hydroxyl groups excluding tert-OH is 1. The van der Waals surface area contributed by atoms with Crippen LogP contribution in [-0.4, -0.2) is 42.8 Å². The minimum absolute atomic E-state index is 0.0360. The topological polar surface area (TPSA) is 57.6 Å². The SMILES string of the molecule is CC(CS(=O)(=O)N1CCC[C@@H]1CO)c1ccccc1. The van der Waals surface area contributed by atoms with Crippen molar-refractivity contribution in [3.05, 3.63) is 35.9 Å². The van der Waals surface area contributed by atoms with Crippen molar-refractivity contribution in [3.63, 3.8) is 0 Å². The second kappa shape index (κ2) is 6.03. The Balaban J connectivity index is 2.09. The zero-order chi connectivity index (χ0) is 13.9. The van der Waals surface area contributed by atoms with Crippen molar-refractivity contribution in [1.82, 2.24) is 4.31 Å². The maximum absolute atomic E-state index is 12.4. The maximum Gasteiger partial charge on any atom is 0.215 e. The van der Waals surface area contributed by atoms with E-state index in [0.717, 1.165) is 18.4 Å². The lowest BCUT2D eigenvalue weighted by atomic mass is 10.0. The molecule has 1 aliphatic rings. The Kier molecular flexibility index (Phi) is 4.60. The van der Waals surface area contributed by atoms with E-state index < -0.39 is 10.0 Å². The largest absolute Gasteiger partial charge is 0.395 e. The molecule has 0 aromatic heterocycles. The summed E-state index contributed by atoms with van der Waals surface area (Å²) in [6, 6.07) is 9.44. The molecular weight excluding hydrogens is 262 g/mol. The van der Waals surface area contributed by atoms with Crippen molar-refractivity contribution in [2.75, 3.05) is 18.9 Å². The quantitative estimate of drug-likeness (QED) is 0.892. The normalized spacial score (nSPS) is 22.5. The van der Waals surface area contributed by atoms with Gasteiger partial charge in [-0.3, -0.25) is 0 Å². The molecule has 1 unspecified atom stereocenters. The van der Waals surface area contributed by atoms with Crippen molar-refractivity contribution in [1.29, 1.82) is 0 Å². The zero-order valence-electron chi connectivity index (χ0n) is 11.2. The zero-order valence-corrected chi connectivity index (χ0v) is 12.0. The average Bonchev–Trinajstić information content (AvgIpc) is 2.88. The summed E-state index contributed by atoms with van der Waals surface area (Å²) in [6.45, 7) is 2.38. The van der Waals surface area contributed by atoms with Crippen molar-refractivity contribution >= 4 is 10.0 Å². The van der Waals surface area contributed by atoms with Gasteiger partial charge in [-0.25, -0.2) is 8.42 Å². The predicted octanol–water partition coefficient (Wildman–Crippen LogP) is 1.58. The van der Waals surface area contributed by atoms with Gasteiger partial charge in [0.25, 0.3) is 0 Å². The third-order valence-electron chi connectivity index (χ3n) is 3.72. The molecule has 2 atom stereocenters. The Morgan fingerprint density at radius 3 is 2.68 bits per heavy atom. The first-order valence-electron chi connectivity index (χ1n) is 6.70. The van der Waals surface area contributed by atoms with Crippen molar-refractivity contribution < 1.29 is 13.5 Å². The molecule has 106 valence electrons. The summed E-state index contributed by atoms with van der Waals surface area (Å²) >= 11 is 0. The lowest BCUT2D eigenvalue weighted by molar-refractivity contribution is 0.213. The molecule has 1 heterocycles. The molecular formula is C14H21NO3S. The highest BCUT2D eigenvalue weighted by Crippen LogP contribution is 2.25. The van der Waals surface area contributed by atoms with Gasteiger partial charge >= 0.3 is 0 Å². The number of rotatable bonds is 5. The minimum atomic E-state index is -3.30. The minimum Gasteiger partial charge on any atom is -0.395 e. The van der Waals surface area contributed by atoms with Crippen LogP contribution in [0.3, 0.4) is 0 Å². The van der Waals surface area contributed by atoms with Gasteiger partial charge in [-0.15, -0.1) is 0 Å². The van der Waals surface area contributed by atoms with Crippen LogP contribution in [0.4, 0.5) is 0 Å². The second-order valence-corrected chi connectivity index (χ2v) is 7.15.